The van der Waals surface area contributed by atoms with Gasteiger partial charge < -0.3 is 10.5 Å². The zero-order valence-corrected chi connectivity index (χ0v) is 12.4. The molecular weight excluding hydrogens is 246 g/mol. The highest BCUT2D eigenvalue weighted by Crippen LogP contribution is 2.36. The molecule has 0 unspecified atom stereocenters. The maximum Gasteiger partial charge on any atom is 0.127 e. The van der Waals surface area contributed by atoms with Crippen molar-refractivity contribution >= 4 is 0 Å². The molecule has 0 aliphatic carbocycles. The van der Waals surface area contributed by atoms with Gasteiger partial charge in [-0.25, -0.2) is 0 Å². The highest BCUT2D eigenvalue weighted by molar-refractivity contribution is 5.72. The van der Waals surface area contributed by atoms with Crippen molar-refractivity contribution in [2.45, 2.75) is 33.7 Å². The first-order valence-electron chi connectivity index (χ1n) is 7.17. The van der Waals surface area contributed by atoms with E-state index in [4.69, 9.17) is 10.5 Å². The molecule has 2 nitrogen and oxygen atoms in total. The summed E-state index contributed by atoms with van der Waals surface area (Å²) in [6.07, 6.45) is 0.986. The fraction of sp³-hybridized carbons (Fsp3) is 0.333. The molecule has 3 rings (SSSR count). The van der Waals surface area contributed by atoms with E-state index in [-0.39, 0.29) is 0 Å². The molecule has 0 amide bonds. The van der Waals surface area contributed by atoms with Crippen LogP contribution in [0.5, 0.6) is 5.75 Å². The lowest BCUT2D eigenvalue weighted by Crippen LogP contribution is -2.00. The molecule has 0 atom stereocenters. The van der Waals surface area contributed by atoms with E-state index in [1.54, 1.807) is 0 Å². The zero-order chi connectivity index (χ0) is 14.3. The van der Waals surface area contributed by atoms with Gasteiger partial charge in [0.05, 0.1) is 6.61 Å². The van der Waals surface area contributed by atoms with Gasteiger partial charge in [-0.3, -0.25) is 0 Å². The number of hydrogen-bond donors (Lipinski definition) is 1. The van der Waals surface area contributed by atoms with Crippen LogP contribution in [0.3, 0.4) is 0 Å². The molecule has 0 aromatic heterocycles. The van der Waals surface area contributed by atoms with Crippen molar-refractivity contribution in [2.75, 3.05) is 6.61 Å². The standard InChI is InChI=1S/C18H21NO/c1-11-6-13(3)17(7-12(11)2)15-8-14-4-5-20-18(14)16(9-15)10-19/h6-9H,4-5,10,19H2,1-3H3. The molecule has 2 N–H and O–H groups in total. The highest BCUT2D eigenvalue weighted by atomic mass is 16.5. The number of ether oxygens (including phenoxy) is 1. The summed E-state index contributed by atoms with van der Waals surface area (Å²) in [4.78, 5) is 0. The number of aryl methyl sites for hydroxylation is 3. The van der Waals surface area contributed by atoms with Gasteiger partial charge in [0.1, 0.15) is 5.75 Å². The Labute approximate surface area is 120 Å². The second-order valence-electron chi connectivity index (χ2n) is 5.68. The molecule has 0 bridgehead atoms. The van der Waals surface area contributed by atoms with Gasteiger partial charge in [-0.05, 0) is 66.3 Å². The van der Waals surface area contributed by atoms with Crippen LogP contribution in [0.25, 0.3) is 11.1 Å². The van der Waals surface area contributed by atoms with Gasteiger partial charge in [0, 0.05) is 18.5 Å². The largest absolute Gasteiger partial charge is 0.493 e. The van der Waals surface area contributed by atoms with Crippen LogP contribution in [-0.2, 0) is 13.0 Å². The Morgan fingerprint density at radius 2 is 1.75 bits per heavy atom. The Morgan fingerprint density at radius 3 is 2.50 bits per heavy atom. The summed E-state index contributed by atoms with van der Waals surface area (Å²) in [6.45, 7) is 7.80. The maximum atomic E-state index is 5.88. The summed E-state index contributed by atoms with van der Waals surface area (Å²) in [5, 5.41) is 0. The van der Waals surface area contributed by atoms with Gasteiger partial charge in [0.2, 0.25) is 0 Å². The molecule has 0 radical (unpaired) electrons. The van der Waals surface area contributed by atoms with E-state index >= 15 is 0 Å². The van der Waals surface area contributed by atoms with Crippen LogP contribution >= 0.6 is 0 Å². The van der Waals surface area contributed by atoms with Gasteiger partial charge in [-0.1, -0.05) is 12.1 Å². The Hall–Kier alpha value is -1.80. The van der Waals surface area contributed by atoms with Crippen LogP contribution in [0.4, 0.5) is 0 Å². The van der Waals surface area contributed by atoms with Crippen molar-refractivity contribution in [1.82, 2.24) is 0 Å². The van der Waals surface area contributed by atoms with Crippen LogP contribution in [0.2, 0.25) is 0 Å². The van der Waals surface area contributed by atoms with Crippen molar-refractivity contribution < 1.29 is 4.74 Å². The smallest absolute Gasteiger partial charge is 0.127 e. The van der Waals surface area contributed by atoms with E-state index < -0.39 is 0 Å². The van der Waals surface area contributed by atoms with Crippen molar-refractivity contribution in [3.05, 3.63) is 52.1 Å². The zero-order valence-electron chi connectivity index (χ0n) is 12.4. The fourth-order valence-corrected chi connectivity index (χ4v) is 2.97. The summed E-state index contributed by atoms with van der Waals surface area (Å²) in [5.41, 5.74) is 14.8. The summed E-state index contributed by atoms with van der Waals surface area (Å²) >= 11 is 0. The second-order valence-corrected chi connectivity index (χ2v) is 5.68. The predicted molar refractivity (Wildman–Crippen MR) is 83.2 cm³/mol. The molecule has 1 aliphatic rings. The molecular formula is C18H21NO. The van der Waals surface area contributed by atoms with E-state index in [9.17, 15) is 0 Å². The Balaban J connectivity index is 2.18. The Bertz CT molecular complexity index is 674. The van der Waals surface area contributed by atoms with E-state index in [1.165, 1.54) is 33.4 Å². The summed E-state index contributed by atoms with van der Waals surface area (Å²) in [7, 11) is 0. The molecule has 0 fully saturated rings. The van der Waals surface area contributed by atoms with Gasteiger partial charge in [-0.15, -0.1) is 0 Å². The predicted octanol–water partition coefficient (Wildman–Crippen LogP) is 3.67. The van der Waals surface area contributed by atoms with Gasteiger partial charge in [0.25, 0.3) is 0 Å². The molecule has 2 aromatic rings. The number of nitrogens with two attached hydrogens (primary N) is 1. The number of fused-ring (bicyclic) bond motifs is 1. The quantitative estimate of drug-likeness (QED) is 0.901. The number of benzene rings is 2. The third-order valence-electron chi connectivity index (χ3n) is 4.23. The lowest BCUT2D eigenvalue weighted by molar-refractivity contribution is 0.353. The molecule has 104 valence electrons. The fourth-order valence-electron chi connectivity index (χ4n) is 2.97. The normalized spacial score (nSPS) is 13.2. The lowest BCUT2D eigenvalue weighted by Gasteiger charge is -2.13. The summed E-state index contributed by atoms with van der Waals surface area (Å²) in [6, 6.07) is 8.98. The molecule has 2 aromatic carbocycles. The van der Waals surface area contributed by atoms with Gasteiger partial charge in [0.15, 0.2) is 0 Å². The topological polar surface area (TPSA) is 35.2 Å². The average molecular weight is 267 g/mol. The molecule has 0 spiro atoms. The second kappa shape index (κ2) is 4.95. The lowest BCUT2D eigenvalue weighted by atomic mass is 9.92. The first-order valence-corrected chi connectivity index (χ1v) is 7.17. The Kier molecular flexibility index (Phi) is 3.27. The van der Waals surface area contributed by atoms with Crippen LogP contribution in [0, 0.1) is 20.8 Å². The minimum atomic E-state index is 0.528. The molecule has 2 heteroatoms. The van der Waals surface area contributed by atoms with Crippen molar-refractivity contribution in [2.24, 2.45) is 5.73 Å². The molecule has 0 saturated carbocycles. The SMILES string of the molecule is Cc1cc(C)c(-c2cc(CN)c3c(c2)CCO3)cc1C. The highest BCUT2D eigenvalue weighted by Gasteiger charge is 2.18. The van der Waals surface area contributed by atoms with Crippen molar-refractivity contribution in [3.8, 4) is 16.9 Å². The number of hydrogen-bond acceptors (Lipinski definition) is 2. The van der Waals surface area contributed by atoms with E-state index in [2.05, 4.69) is 45.0 Å². The first-order chi connectivity index (χ1) is 9.60. The van der Waals surface area contributed by atoms with Gasteiger partial charge in [-0.2, -0.15) is 0 Å². The van der Waals surface area contributed by atoms with Crippen LogP contribution in [0.15, 0.2) is 24.3 Å². The first kappa shape index (κ1) is 13.2. The molecule has 20 heavy (non-hydrogen) atoms. The monoisotopic (exact) mass is 267 g/mol. The minimum Gasteiger partial charge on any atom is -0.493 e. The van der Waals surface area contributed by atoms with Gasteiger partial charge >= 0.3 is 0 Å². The number of rotatable bonds is 2. The van der Waals surface area contributed by atoms with Crippen LogP contribution < -0.4 is 10.5 Å². The summed E-state index contributed by atoms with van der Waals surface area (Å²) in [5.74, 6) is 1.01. The molecule has 0 saturated heterocycles. The van der Waals surface area contributed by atoms with Crippen molar-refractivity contribution in [1.29, 1.82) is 0 Å². The van der Waals surface area contributed by atoms with Crippen molar-refractivity contribution in [3.63, 3.8) is 0 Å². The average Bonchev–Trinajstić information content (AvgIpc) is 2.90. The van der Waals surface area contributed by atoms with E-state index in [0.717, 1.165) is 24.3 Å². The van der Waals surface area contributed by atoms with E-state index in [0.29, 0.717) is 6.54 Å². The third-order valence-corrected chi connectivity index (χ3v) is 4.23. The third kappa shape index (κ3) is 2.10. The maximum absolute atomic E-state index is 5.88. The molecule has 1 aliphatic heterocycles. The van der Waals surface area contributed by atoms with E-state index in [1.807, 2.05) is 0 Å². The van der Waals surface area contributed by atoms with Crippen LogP contribution in [0.1, 0.15) is 27.8 Å². The summed E-state index contributed by atoms with van der Waals surface area (Å²) < 4.78 is 5.70. The molecule has 1 heterocycles. The Morgan fingerprint density at radius 1 is 1.00 bits per heavy atom. The van der Waals surface area contributed by atoms with Crippen LogP contribution in [-0.4, -0.2) is 6.61 Å². The minimum absolute atomic E-state index is 0.528.